The molecule has 0 aliphatic heterocycles. The summed E-state index contributed by atoms with van der Waals surface area (Å²) in [4.78, 5) is 1.46. The topological polar surface area (TPSA) is 12.0 Å². The minimum atomic E-state index is 0.697. The van der Waals surface area contributed by atoms with Crippen molar-refractivity contribution in [3.05, 3.63) is 29.3 Å². The zero-order chi connectivity index (χ0) is 14.4. The maximum Gasteiger partial charge on any atom is 0.0189 e. The highest BCUT2D eigenvalue weighted by molar-refractivity contribution is 7.99. The van der Waals surface area contributed by atoms with Crippen LogP contribution < -0.4 is 5.32 Å². The number of aryl methyl sites for hydroxylation is 2. The van der Waals surface area contributed by atoms with Gasteiger partial charge in [0.05, 0.1) is 0 Å². The van der Waals surface area contributed by atoms with E-state index >= 15 is 0 Å². The van der Waals surface area contributed by atoms with Crippen LogP contribution in [0.5, 0.6) is 0 Å². The van der Waals surface area contributed by atoms with Crippen LogP contribution in [0.2, 0.25) is 0 Å². The van der Waals surface area contributed by atoms with Crippen LogP contribution >= 0.6 is 11.8 Å². The van der Waals surface area contributed by atoms with Crippen molar-refractivity contribution in [3.8, 4) is 0 Å². The molecule has 0 spiro atoms. The van der Waals surface area contributed by atoms with Crippen LogP contribution in [0.15, 0.2) is 23.1 Å². The SMILES string of the molecule is CCCNC(CSc1ccc(C)cc1C)C1CCCC1. The molecule has 0 saturated heterocycles. The van der Waals surface area contributed by atoms with E-state index in [0.29, 0.717) is 6.04 Å². The van der Waals surface area contributed by atoms with E-state index < -0.39 is 0 Å². The zero-order valence-electron chi connectivity index (χ0n) is 13.2. The van der Waals surface area contributed by atoms with Crippen molar-refractivity contribution in [1.82, 2.24) is 5.32 Å². The van der Waals surface area contributed by atoms with Crippen molar-refractivity contribution in [2.75, 3.05) is 12.3 Å². The molecule has 20 heavy (non-hydrogen) atoms. The molecule has 1 N–H and O–H groups in total. The van der Waals surface area contributed by atoms with E-state index in [-0.39, 0.29) is 0 Å². The zero-order valence-corrected chi connectivity index (χ0v) is 14.1. The van der Waals surface area contributed by atoms with Gasteiger partial charge in [0.25, 0.3) is 0 Å². The van der Waals surface area contributed by atoms with Crippen molar-refractivity contribution in [1.29, 1.82) is 0 Å². The quantitative estimate of drug-likeness (QED) is 0.713. The largest absolute Gasteiger partial charge is 0.313 e. The van der Waals surface area contributed by atoms with E-state index in [1.807, 2.05) is 11.8 Å². The Morgan fingerprint density at radius 3 is 2.65 bits per heavy atom. The summed E-state index contributed by atoms with van der Waals surface area (Å²) in [6, 6.07) is 7.52. The number of thioether (sulfide) groups is 1. The number of hydrogen-bond donors (Lipinski definition) is 1. The highest BCUT2D eigenvalue weighted by Crippen LogP contribution is 2.31. The molecule has 1 atom stereocenters. The molecule has 0 amide bonds. The van der Waals surface area contributed by atoms with E-state index in [1.165, 1.54) is 53.9 Å². The van der Waals surface area contributed by atoms with Gasteiger partial charge in [-0.15, -0.1) is 11.8 Å². The summed E-state index contributed by atoms with van der Waals surface area (Å²) in [7, 11) is 0. The summed E-state index contributed by atoms with van der Waals surface area (Å²) in [6.07, 6.45) is 6.95. The second-order valence-corrected chi connectivity index (χ2v) is 7.25. The van der Waals surface area contributed by atoms with Crippen LogP contribution in [-0.2, 0) is 0 Å². The minimum absolute atomic E-state index is 0.697. The summed E-state index contributed by atoms with van der Waals surface area (Å²) in [5.41, 5.74) is 2.79. The lowest BCUT2D eigenvalue weighted by molar-refractivity contribution is 0.388. The lowest BCUT2D eigenvalue weighted by atomic mass is 10.00. The molecule has 2 heteroatoms. The monoisotopic (exact) mass is 291 g/mol. The summed E-state index contributed by atoms with van der Waals surface area (Å²) >= 11 is 2.04. The van der Waals surface area contributed by atoms with Crippen LogP contribution in [0.25, 0.3) is 0 Å². The lowest BCUT2D eigenvalue weighted by Gasteiger charge is -2.24. The third-order valence-corrected chi connectivity index (χ3v) is 5.67. The molecule has 1 aliphatic carbocycles. The van der Waals surface area contributed by atoms with Gasteiger partial charge in [0.2, 0.25) is 0 Å². The van der Waals surface area contributed by atoms with Crippen molar-refractivity contribution >= 4 is 11.8 Å². The molecule has 0 heterocycles. The highest BCUT2D eigenvalue weighted by Gasteiger charge is 2.24. The average molecular weight is 292 g/mol. The van der Waals surface area contributed by atoms with Gasteiger partial charge in [-0.2, -0.15) is 0 Å². The van der Waals surface area contributed by atoms with Gasteiger partial charge in [0.1, 0.15) is 0 Å². The van der Waals surface area contributed by atoms with Crippen LogP contribution in [0.4, 0.5) is 0 Å². The number of hydrogen-bond acceptors (Lipinski definition) is 2. The van der Waals surface area contributed by atoms with E-state index in [4.69, 9.17) is 0 Å². The van der Waals surface area contributed by atoms with Gasteiger partial charge in [-0.05, 0) is 57.2 Å². The summed E-state index contributed by atoms with van der Waals surface area (Å²) in [6.45, 7) is 7.83. The van der Waals surface area contributed by atoms with Gasteiger partial charge in [0.15, 0.2) is 0 Å². The molecule has 1 unspecified atom stereocenters. The van der Waals surface area contributed by atoms with Gasteiger partial charge in [-0.25, -0.2) is 0 Å². The first kappa shape index (κ1) is 15.9. The Morgan fingerprint density at radius 2 is 2.00 bits per heavy atom. The minimum Gasteiger partial charge on any atom is -0.313 e. The predicted molar refractivity (Wildman–Crippen MR) is 90.7 cm³/mol. The highest BCUT2D eigenvalue weighted by atomic mass is 32.2. The molecule has 1 aliphatic rings. The molecule has 0 radical (unpaired) electrons. The number of benzene rings is 1. The smallest absolute Gasteiger partial charge is 0.0189 e. The predicted octanol–water partition coefficient (Wildman–Crippen LogP) is 4.95. The van der Waals surface area contributed by atoms with Gasteiger partial charge in [0, 0.05) is 16.7 Å². The number of rotatable bonds is 7. The van der Waals surface area contributed by atoms with Crippen molar-refractivity contribution < 1.29 is 0 Å². The lowest BCUT2D eigenvalue weighted by Crippen LogP contribution is -2.37. The first-order chi connectivity index (χ1) is 9.70. The molecule has 0 aromatic heterocycles. The fraction of sp³-hybridized carbons (Fsp3) is 0.667. The third kappa shape index (κ3) is 4.53. The molecule has 1 fully saturated rings. The van der Waals surface area contributed by atoms with Gasteiger partial charge >= 0.3 is 0 Å². The Balaban J connectivity index is 1.93. The fourth-order valence-electron chi connectivity index (χ4n) is 3.19. The molecular formula is C18H29NS. The average Bonchev–Trinajstić information content (AvgIpc) is 2.95. The van der Waals surface area contributed by atoms with E-state index in [0.717, 1.165) is 12.5 Å². The second-order valence-electron chi connectivity index (χ2n) is 6.19. The molecule has 1 aromatic rings. The Kier molecular flexibility index (Phi) is 6.44. The first-order valence-electron chi connectivity index (χ1n) is 8.14. The van der Waals surface area contributed by atoms with Crippen LogP contribution in [0, 0.1) is 19.8 Å². The van der Waals surface area contributed by atoms with Gasteiger partial charge < -0.3 is 5.32 Å². The van der Waals surface area contributed by atoms with Crippen LogP contribution in [-0.4, -0.2) is 18.3 Å². The molecular weight excluding hydrogens is 262 g/mol. The molecule has 1 saturated carbocycles. The summed E-state index contributed by atoms with van der Waals surface area (Å²) in [5.74, 6) is 2.12. The van der Waals surface area contributed by atoms with Crippen LogP contribution in [0.1, 0.15) is 50.2 Å². The van der Waals surface area contributed by atoms with Crippen molar-refractivity contribution in [3.63, 3.8) is 0 Å². The molecule has 1 aromatic carbocycles. The Hall–Kier alpha value is -0.470. The normalized spacial score (nSPS) is 17.6. The molecule has 112 valence electrons. The summed E-state index contributed by atoms with van der Waals surface area (Å²) in [5, 5.41) is 3.79. The van der Waals surface area contributed by atoms with Crippen molar-refractivity contribution in [2.24, 2.45) is 5.92 Å². The Labute approximate surface area is 128 Å². The van der Waals surface area contributed by atoms with Gasteiger partial charge in [-0.1, -0.05) is 37.5 Å². The Morgan fingerprint density at radius 1 is 1.25 bits per heavy atom. The maximum absolute atomic E-state index is 3.79. The maximum atomic E-state index is 3.79. The van der Waals surface area contributed by atoms with Gasteiger partial charge in [-0.3, -0.25) is 0 Å². The van der Waals surface area contributed by atoms with Crippen LogP contribution in [0.3, 0.4) is 0 Å². The fourth-order valence-corrected chi connectivity index (χ4v) is 4.39. The number of nitrogens with one attached hydrogen (secondary N) is 1. The molecule has 0 bridgehead atoms. The Bertz CT molecular complexity index is 410. The third-order valence-electron chi connectivity index (χ3n) is 4.37. The molecule has 2 rings (SSSR count). The van der Waals surface area contributed by atoms with Crippen molar-refractivity contribution in [2.45, 2.75) is 63.8 Å². The standard InChI is InChI=1S/C18H29NS/c1-4-11-19-17(16-7-5-6-8-16)13-20-18-10-9-14(2)12-15(18)3/h9-10,12,16-17,19H,4-8,11,13H2,1-3H3. The van der Waals surface area contributed by atoms with E-state index in [2.05, 4.69) is 44.3 Å². The second kappa shape index (κ2) is 8.09. The summed E-state index contributed by atoms with van der Waals surface area (Å²) < 4.78 is 0. The van der Waals surface area contributed by atoms with E-state index in [9.17, 15) is 0 Å². The van der Waals surface area contributed by atoms with E-state index in [1.54, 1.807) is 0 Å². The first-order valence-corrected chi connectivity index (χ1v) is 9.12. The molecule has 1 nitrogen and oxygen atoms in total.